The summed E-state index contributed by atoms with van der Waals surface area (Å²) in [7, 11) is 0. The van der Waals surface area contributed by atoms with Crippen molar-refractivity contribution >= 4 is 29.8 Å². The van der Waals surface area contributed by atoms with E-state index in [1.54, 1.807) is 26.0 Å². The first-order chi connectivity index (χ1) is 18.7. The summed E-state index contributed by atoms with van der Waals surface area (Å²) in [6.45, 7) is 2.70. The molecule has 4 atom stereocenters. The Bertz CT molecular complexity index is 1290. The van der Waals surface area contributed by atoms with Crippen LogP contribution in [0.4, 0.5) is 20.2 Å². The molecule has 15 nitrogen and oxygen atoms in total. The van der Waals surface area contributed by atoms with Crippen molar-refractivity contribution in [2.75, 3.05) is 25.6 Å². The van der Waals surface area contributed by atoms with Crippen LogP contribution in [0.15, 0.2) is 30.6 Å². The fraction of sp³-hybridized carbons (Fsp3) is 0.500. The van der Waals surface area contributed by atoms with Crippen LogP contribution in [0.3, 0.4) is 0 Å². The molecular weight excluding hydrogens is 518 g/mol. The molecule has 2 aliphatic rings. The SMILES string of the molecule is CC(C)OC(=O)OC[C@H]1O[C@@](C#N)(c2ccc3c(N)ncnn23)[C@@H]2OC(=O)OCCC=CCCOC(=O)O[C@@H]21. The monoisotopic (exact) mass is 545 g/mol. The maximum absolute atomic E-state index is 12.7. The van der Waals surface area contributed by atoms with Crippen LogP contribution < -0.4 is 5.73 Å². The van der Waals surface area contributed by atoms with Crippen LogP contribution in [0.25, 0.3) is 5.52 Å². The predicted molar refractivity (Wildman–Crippen MR) is 128 cm³/mol. The molecule has 0 saturated carbocycles. The van der Waals surface area contributed by atoms with E-state index in [9.17, 15) is 19.6 Å². The van der Waals surface area contributed by atoms with Gasteiger partial charge in [-0.25, -0.2) is 23.9 Å². The van der Waals surface area contributed by atoms with Crippen LogP contribution in [0, 0.1) is 11.3 Å². The Labute approximate surface area is 222 Å². The van der Waals surface area contributed by atoms with Crippen LogP contribution in [-0.4, -0.2) is 77.3 Å². The van der Waals surface area contributed by atoms with E-state index in [1.807, 2.05) is 6.07 Å². The van der Waals surface area contributed by atoms with Crippen LogP contribution >= 0.6 is 0 Å². The molecule has 15 heteroatoms. The Kier molecular flexibility index (Phi) is 8.35. The average molecular weight is 546 g/mol. The molecule has 4 heterocycles. The third-order valence-electron chi connectivity index (χ3n) is 5.76. The number of fused-ring (bicyclic) bond motifs is 2. The van der Waals surface area contributed by atoms with Gasteiger partial charge in [-0.15, -0.1) is 0 Å². The molecule has 208 valence electrons. The molecule has 0 spiro atoms. The minimum absolute atomic E-state index is 0.000960. The highest BCUT2D eigenvalue weighted by Gasteiger charge is 2.63. The van der Waals surface area contributed by atoms with Gasteiger partial charge in [-0.2, -0.15) is 10.4 Å². The summed E-state index contributed by atoms with van der Waals surface area (Å²) in [5, 5.41) is 14.6. The Morgan fingerprint density at radius 1 is 1.21 bits per heavy atom. The molecule has 2 aliphatic heterocycles. The summed E-state index contributed by atoms with van der Waals surface area (Å²) in [6.07, 6.45) is -2.77. The van der Waals surface area contributed by atoms with Gasteiger partial charge in [-0.3, -0.25) is 0 Å². The lowest BCUT2D eigenvalue weighted by atomic mass is 9.92. The first kappa shape index (κ1) is 27.5. The van der Waals surface area contributed by atoms with E-state index in [0.717, 1.165) is 6.33 Å². The molecule has 2 aromatic heterocycles. The van der Waals surface area contributed by atoms with E-state index in [1.165, 1.54) is 16.6 Å². The Morgan fingerprint density at radius 2 is 1.90 bits per heavy atom. The highest BCUT2D eigenvalue weighted by molar-refractivity contribution is 5.67. The number of hydrogen-bond acceptors (Lipinski definition) is 14. The fourth-order valence-corrected chi connectivity index (χ4v) is 4.12. The van der Waals surface area contributed by atoms with Crippen molar-refractivity contribution in [3.63, 3.8) is 0 Å². The first-order valence-electron chi connectivity index (χ1n) is 12.1. The Hall–Kier alpha value is -4.58. The highest BCUT2D eigenvalue weighted by Crippen LogP contribution is 2.44. The van der Waals surface area contributed by atoms with Crippen molar-refractivity contribution in [3.05, 3.63) is 36.3 Å². The van der Waals surface area contributed by atoms with Crippen molar-refractivity contribution in [1.29, 1.82) is 5.26 Å². The number of cyclic esters (lactones) is 2. The smallest absolute Gasteiger partial charge is 0.434 e. The maximum Gasteiger partial charge on any atom is 0.508 e. The summed E-state index contributed by atoms with van der Waals surface area (Å²) in [4.78, 5) is 41.3. The number of carbonyl (C=O) groups excluding carboxylic acids is 3. The van der Waals surface area contributed by atoms with Gasteiger partial charge in [0.25, 0.3) is 0 Å². The second-order valence-corrected chi connectivity index (χ2v) is 8.76. The zero-order valence-electron chi connectivity index (χ0n) is 21.2. The van der Waals surface area contributed by atoms with Crippen molar-refractivity contribution in [2.45, 2.75) is 56.7 Å². The predicted octanol–water partition coefficient (Wildman–Crippen LogP) is 2.38. The zero-order chi connectivity index (χ0) is 28.0. The van der Waals surface area contributed by atoms with Crippen LogP contribution in [0.5, 0.6) is 0 Å². The molecule has 39 heavy (non-hydrogen) atoms. The van der Waals surface area contributed by atoms with Gasteiger partial charge in [0.1, 0.15) is 30.6 Å². The van der Waals surface area contributed by atoms with Crippen LogP contribution in [0.2, 0.25) is 0 Å². The Morgan fingerprint density at radius 3 is 2.56 bits per heavy atom. The second kappa shape index (κ2) is 11.9. The van der Waals surface area contributed by atoms with Crippen molar-refractivity contribution in [1.82, 2.24) is 14.6 Å². The van der Waals surface area contributed by atoms with Crippen molar-refractivity contribution in [2.24, 2.45) is 0 Å². The molecule has 0 unspecified atom stereocenters. The lowest BCUT2D eigenvalue weighted by Crippen LogP contribution is -2.46. The molecule has 2 aromatic rings. The molecular formula is C24H27N5O10. The van der Waals surface area contributed by atoms with Gasteiger partial charge >= 0.3 is 18.5 Å². The van der Waals surface area contributed by atoms with E-state index >= 15 is 0 Å². The molecule has 0 radical (unpaired) electrons. The summed E-state index contributed by atoms with van der Waals surface area (Å²) in [5.74, 6) is 0.106. The van der Waals surface area contributed by atoms with Gasteiger partial charge < -0.3 is 38.9 Å². The number of anilines is 1. The molecule has 0 bridgehead atoms. The number of carbonyl (C=O) groups is 3. The van der Waals surface area contributed by atoms with Gasteiger partial charge in [0, 0.05) is 0 Å². The lowest BCUT2D eigenvalue weighted by molar-refractivity contribution is -0.0807. The number of nitriles is 1. The van der Waals surface area contributed by atoms with Gasteiger partial charge in [0.05, 0.1) is 25.0 Å². The molecule has 0 aliphatic carbocycles. The number of aromatic nitrogens is 3. The molecule has 0 aromatic carbocycles. The molecule has 1 saturated heterocycles. The van der Waals surface area contributed by atoms with E-state index in [2.05, 4.69) is 10.1 Å². The standard InChI is InChI=1S/C24H27N5O10/c1-14(2)36-23(32)35-11-16-18-19(38-22(31)34-10-6-4-3-5-9-33-21(30)37-18)24(12-25,39-16)17-8-7-15-20(26)27-13-28-29(15)17/h3-4,7-8,13-14,16,18-19H,5-6,9-11H2,1-2H3,(H2,26,27,28)/t16-,18-,19-,24+/m1/s1. The van der Waals surface area contributed by atoms with E-state index in [0.29, 0.717) is 18.4 Å². The quantitative estimate of drug-likeness (QED) is 0.334. The molecule has 4 rings (SSSR count). The largest absolute Gasteiger partial charge is 0.508 e. The van der Waals surface area contributed by atoms with Crippen LogP contribution in [-0.2, 0) is 38.8 Å². The normalized spacial score (nSPS) is 25.8. The number of nitrogens with zero attached hydrogens (tertiary/aromatic N) is 4. The van der Waals surface area contributed by atoms with E-state index in [-0.39, 0.29) is 24.7 Å². The molecule has 2 N–H and O–H groups in total. The number of rotatable bonds is 4. The topological polar surface area (TPSA) is 196 Å². The second-order valence-electron chi connectivity index (χ2n) is 8.76. The minimum Gasteiger partial charge on any atom is -0.434 e. The van der Waals surface area contributed by atoms with E-state index < -0.39 is 55.1 Å². The average Bonchev–Trinajstić information content (AvgIpc) is 3.45. The molecule has 0 amide bonds. The van der Waals surface area contributed by atoms with Gasteiger partial charge in [-0.1, -0.05) is 12.2 Å². The highest BCUT2D eigenvalue weighted by atomic mass is 16.8. The first-order valence-corrected chi connectivity index (χ1v) is 12.1. The fourth-order valence-electron chi connectivity index (χ4n) is 4.12. The number of nitrogens with two attached hydrogens (primary N) is 1. The lowest BCUT2D eigenvalue weighted by Gasteiger charge is -2.28. The third-order valence-corrected chi connectivity index (χ3v) is 5.76. The van der Waals surface area contributed by atoms with Gasteiger partial charge in [-0.05, 0) is 38.8 Å². The number of ether oxygens (including phenoxy) is 7. The Balaban J connectivity index is 1.76. The zero-order valence-corrected chi connectivity index (χ0v) is 21.2. The van der Waals surface area contributed by atoms with Crippen LogP contribution in [0.1, 0.15) is 32.4 Å². The van der Waals surface area contributed by atoms with Crippen molar-refractivity contribution in [3.8, 4) is 6.07 Å². The number of hydrogen-bond donors (Lipinski definition) is 1. The van der Waals surface area contributed by atoms with E-state index in [4.69, 9.17) is 38.9 Å². The van der Waals surface area contributed by atoms with Gasteiger partial charge in [0.2, 0.25) is 5.60 Å². The van der Waals surface area contributed by atoms with Crippen molar-refractivity contribution < 1.29 is 47.5 Å². The summed E-state index contributed by atoms with van der Waals surface area (Å²) in [6, 6.07) is 5.03. The third kappa shape index (κ3) is 5.96. The maximum atomic E-state index is 12.7. The molecule has 1 fully saturated rings. The summed E-state index contributed by atoms with van der Waals surface area (Å²) >= 11 is 0. The number of nitrogen functional groups attached to an aromatic ring is 1. The summed E-state index contributed by atoms with van der Waals surface area (Å²) in [5.41, 5.74) is 4.22. The minimum atomic E-state index is -2.13. The summed E-state index contributed by atoms with van der Waals surface area (Å²) < 4.78 is 38.8. The van der Waals surface area contributed by atoms with Gasteiger partial charge in [0.15, 0.2) is 18.0 Å².